The fourth-order valence-electron chi connectivity index (χ4n) is 7.66. The molecule has 2 bridgehead atoms. The van der Waals surface area contributed by atoms with Crippen LogP contribution < -0.4 is 9.64 Å². The summed E-state index contributed by atoms with van der Waals surface area (Å²) in [5, 5.41) is 10.8. The number of hydrogen-bond donors (Lipinski definition) is 1. The molecule has 5 rings (SSSR count). The van der Waals surface area contributed by atoms with Crippen molar-refractivity contribution in [3.8, 4) is 5.75 Å². The van der Waals surface area contributed by atoms with Crippen LogP contribution in [-0.2, 0) is 19.1 Å². The molecule has 0 aromatic heterocycles. The number of anilines is 1. The number of ether oxygens (including phenoxy) is 2. The predicted octanol–water partition coefficient (Wildman–Crippen LogP) is 4.14. The van der Waals surface area contributed by atoms with E-state index in [4.69, 9.17) is 9.47 Å². The first-order chi connectivity index (χ1) is 21.2. The summed E-state index contributed by atoms with van der Waals surface area (Å²) in [6.45, 7) is 12.3. The number of likely N-dealkylation sites (tertiary alicyclic amines) is 1. The monoisotopic (exact) mass is 601 g/mol. The van der Waals surface area contributed by atoms with Crippen molar-refractivity contribution >= 4 is 23.4 Å². The lowest BCUT2D eigenvalue weighted by Crippen LogP contribution is -2.57. The van der Waals surface area contributed by atoms with Crippen LogP contribution in [0.25, 0.3) is 0 Å². The van der Waals surface area contributed by atoms with E-state index in [-0.39, 0.29) is 24.3 Å². The second kappa shape index (κ2) is 12.6. The van der Waals surface area contributed by atoms with E-state index in [9.17, 15) is 19.5 Å². The second-order valence-corrected chi connectivity index (χ2v) is 12.1. The number of carbonyl (C=O) groups is 3. The molecule has 6 atom stereocenters. The molecule has 2 unspecified atom stereocenters. The van der Waals surface area contributed by atoms with Crippen LogP contribution in [0, 0.1) is 11.8 Å². The minimum Gasteiger partial charge on any atom is -0.497 e. The Morgan fingerprint density at radius 1 is 1.09 bits per heavy atom. The highest BCUT2D eigenvalue weighted by atomic mass is 16.5. The fraction of sp³-hybridized carbons (Fsp3) is 0.457. The van der Waals surface area contributed by atoms with E-state index in [1.54, 1.807) is 53.3 Å². The van der Waals surface area contributed by atoms with Gasteiger partial charge in [0.2, 0.25) is 11.8 Å². The van der Waals surface area contributed by atoms with Crippen LogP contribution >= 0.6 is 0 Å². The SMILES string of the molecule is C=CCN(CCC)C(=O)[C@H]1[C@H]2C(=O)N([C@H](CO)c3ccccc3)C(C(=O)N(CC=C)c3ccc(OC)cc3)C23CC[C@]1(C)O3. The number of aliphatic hydroxyl groups excluding tert-OH is 1. The molecule has 234 valence electrons. The molecule has 1 N–H and O–H groups in total. The number of methoxy groups -OCH3 is 1. The van der Waals surface area contributed by atoms with Gasteiger partial charge in [0.05, 0.1) is 37.2 Å². The molecule has 0 saturated carbocycles. The number of fused-ring (bicyclic) bond motifs is 1. The molecule has 2 aromatic carbocycles. The fourth-order valence-corrected chi connectivity index (χ4v) is 7.66. The van der Waals surface area contributed by atoms with Gasteiger partial charge < -0.3 is 29.3 Å². The Balaban J connectivity index is 1.65. The Morgan fingerprint density at radius 2 is 1.77 bits per heavy atom. The van der Waals surface area contributed by atoms with Gasteiger partial charge in [-0.2, -0.15) is 0 Å². The third-order valence-electron chi connectivity index (χ3n) is 9.52. The number of hydrogen-bond acceptors (Lipinski definition) is 6. The highest BCUT2D eigenvalue weighted by molar-refractivity contribution is 6.05. The first kappa shape index (κ1) is 31.5. The van der Waals surface area contributed by atoms with Gasteiger partial charge in [-0.05, 0) is 56.0 Å². The maximum Gasteiger partial charge on any atom is 0.253 e. The molecule has 3 aliphatic heterocycles. The molecule has 9 heteroatoms. The van der Waals surface area contributed by atoms with E-state index >= 15 is 0 Å². The lowest BCUT2D eigenvalue weighted by Gasteiger charge is -2.39. The van der Waals surface area contributed by atoms with E-state index in [0.717, 1.165) is 6.42 Å². The van der Waals surface area contributed by atoms with Crippen LogP contribution in [0.2, 0.25) is 0 Å². The summed E-state index contributed by atoms with van der Waals surface area (Å²) in [6.07, 6.45) is 5.03. The van der Waals surface area contributed by atoms with Crippen molar-refractivity contribution < 1.29 is 29.0 Å². The van der Waals surface area contributed by atoms with E-state index in [2.05, 4.69) is 13.2 Å². The van der Waals surface area contributed by atoms with Gasteiger partial charge >= 0.3 is 0 Å². The van der Waals surface area contributed by atoms with Crippen molar-refractivity contribution in [2.75, 3.05) is 38.3 Å². The number of carbonyl (C=O) groups excluding carboxylic acids is 3. The summed E-state index contributed by atoms with van der Waals surface area (Å²) in [5.41, 5.74) is -0.862. The Labute approximate surface area is 259 Å². The van der Waals surface area contributed by atoms with Crippen LogP contribution in [0.4, 0.5) is 5.69 Å². The molecule has 44 heavy (non-hydrogen) atoms. The summed E-state index contributed by atoms with van der Waals surface area (Å²) >= 11 is 0. The van der Waals surface area contributed by atoms with Gasteiger partial charge in [0, 0.05) is 25.3 Å². The summed E-state index contributed by atoms with van der Waals surface area (Å²) in [6, 6.07) is 14.4. The highest BCUT2D eigenvalue weighted by Gasteiger charge is 2.79. The molecule has 3 aliphatic rings. The molecule has 3 saturated heterocycles. The van der Waals surface area contributed by atoms with E-state index < -0.39 is 41.7 Å². The second-order valence-electron chi connectivity index (χ2n) is 12.1. The average molecular weight is 602 g/mol. The number of benzene rings is 2. The maximum absolute atomic E-state index is 14.9. The van der Waals surface area contributed by atoms with Crippen molar-refractivity contribution in [3.05, 3.63) is 85.5 Å². The standard InChI is InChI=1S/C35H43N3O6/c1-6-20-36(21-7-2)31(40)28-29-32(41)38(27(23-39)24-12-10-9-11-13-24)30(35(29)19-18-34(28,4)44-35)33(42)37(22-8-3)25-14-16-26(43-5)17-15-25/h6,8-17,27-30,39H,1,3,7,18-23H2,2,4-5H3/t27-,28-,29+,30?,34+,35?/m1/s1. The Morgan fingerprint density at radius 3 is 2.36 bits per heavy atom. The number of amides is 3. The van der Waals surface area contributed by atoms with Gasteiger partial charge in [0.25, 0.3) is 5.91 Å². The van der Waals surface area contributed by atoms with Crippen LogP contribution in [0.1, 0.15) is 44.7 Å². The minimum atomic E-state index is -1.25. The molecule has 3 heterocycles. The summed E-state index contributed by atoms with van der Waals surface area (Å²) < 4.78 is 12.2. The minimum absolute atomic E-state index is 0.166. The van der Waals surface area contributed by atoms with Crippen LogP contribution in [-0.4, -0.2) is 83.2 Å². The maximum atomic E-state index is 14.9. The molecule has 3 fully saturated rings. The quantitative estimate of drug-likeness (QED) is 0.347. The van der Waals surface area contributed by atoms with Gasteiger partial charge in [-0.15, -0.1) is 13.2 Å². The Kier molecular flexibility index (Phi) is 9.00. The molecule has 1 spiro atoms. The highest BCUT2D eigenvalue weighted by Crippen LogP contribution is 2.64. The van der Waals surface area contributed by atoms with E-state index in [0.29, 0.717) is 42.9 Å². The van der Waals surface area contributed by atoms with Crippen molar-refractivity contribution in [2.24, 2.45) is 11.8 Å². The third-order valence-corrected chi connectivity index (χ3v) is 9.52. The predicted molar refractivity (Wildman–Crippen MR) is 168 cm³/mol. The zero-order valence-corrected chi connectivity index (χ0v) is 25.9. The van der Waals surface area contributed by atoms with Gasteiger partial charge in [0.15, 0.2) is 0 Å². The lowest BCUT2D eigenvalue weighted by atomic mass is 9.66. The van der Waals surface area contributed by atoms with Crippen molar-refractivity contribution in [1.29, 1.82) is 0 Å². The molecular formula is C35H43N3O6. The normalized spacial score (nSPS) is 27.5. The van der Waals surface area contributed by atoms with E-state index in [1.165, 1.54) is 4.90 Å². The number of nitrogens with zero attached hydrogens (tertiary/aromatic N) is 3. The van der Waals surface area contributed by atoms with Crippen LogP contribution in [0.3, 0.4) is 0 Å². The summed E-state index contributed by atoms with van der Waals surface area (Å²) in [7, 11) is 1.57. The lowest BCUT2D eigenvalue weighted by molar-refractivity contribution is -0.152. The largest absolute Gasteiger partial charge is 0.497 e. The number of aliphatic hydroxyl groups is 1. The first-order valence-corrected chi connectivity index (χ1v) is 15.4. The molecule has 3 amide bonds. The van der Waals surface area contributed by atoms with Crippen molar-refractivity contribution in [1.82, 2.24) is 9.80 Å². The number of rotatable bonds is 13. The molecule has 2 aromatic rings. The van der Waals surface area contributed by atoms with Gasteiger partial charge in [0.1, 0.15) is 17.4 Å². The van der Waals surface area contributed by atoms with Gasteiger partial charge in [-0.3, -0.25) is 14.4 Å². The summed E-state index contributed by atoms with van der Waals surface area (Å²) in [5.74, 6) is -1.89. The first-order valence-electron chi connectivity index (χ1n) is 15.4. The molecule has 0 aliphatic carbocycles. The van der Waals surface area contributed by atoms with Crippen LogP contribution in [0.15, 0.2) is 79.9 Å². The molecular weight excluding hydrogens is 558 g/mol. The van der Waals surface area contributed by atoms with Gasteiger partial charge in [-0.1, -0.05) is 49.4 Å². The Bertz CT molecular complexity index is 1400. The van der Waals surface area contributed by atoms with Gasteiger partial charge in [-0.25, -0.2) is 0 Å². The topological polar surface area (TPSA) is 99.6 Å². The third kappa shape index (κ3) is 5.02. The zero-order chi connectivity index (χ0) is 31.6. The Hall–Kier alpha value is -3.95. The van der Waals surface area contributed by atoms with Crippen LogP contribution in [0.5, 0.6) is 5.75 Å². The summed E-state index contributed by atoms with van der Waals surface area (Å²) in [4.78, 5) is 48.8. The van der Waals surface area contributed by atoms with Crippen molar-refractivity contribution in [3.63, 3.8) is 0 Å². The zero-order valence-electron chi connectivity index (χ0n) is 25.9. The van der Waals surface area contributed by atoms with Crippen molar-refractivity contribution in [2.45, 2.75) is 56.4 Å². The smallest absolute Gasteiger partial charge is 0.253 e. The van der Waals surface area contributed by atoms with E-state index in [1.807, 2.05) is 44.2 Å². The molecule has 9 nitrogen and oxygen atoms in total. The average Bonchev–Trinajstić information content (AvgIpc) is 3.61. The molecule has 0 radical (unpaired) electrons.